The number of rotatable bonds is 5. The second-order valence-electron chi connectivity index (χ2n) is 5.68. The summed E-state index contributed by atoms with van der Waals surface area (Å²) >= 11 is 9.35. The quantitative estimate of drug-likeness (QED) is 0.381. The average molecular weight is 458 g/mol. The van der Waals surface area contributed by atoms with Crippen LogP contribution in [0.5, 0.6) is 5.75 Å². The third-order valence-electron chi connectivity index (χ3n) is 3.82. The molecule has 140 valence electrons. The fourth-order valence-corrected chi connectivity index (χ4v) is 2.89. The van der Waals surface area contributed by atoms with E-state index in [4.69, 9.17) is 20.8 Å². The number of nitrogens with zero attached hydrogens (tertiary/aromatic N) is 1. The largest absolute Gasteiger partial charge is 0.495 e. The van der Waals surface area contributed by atoms with Crippen LogP contribution in [0.4, 0.5) is 5.69 Å². The number of hydrogen-bond acceptors (Lipinski definition) is 4. The highest BCUT2D eigenvalue weighted by molar-refractivity contribution is 9.10. The van der Waals surface area contributed by atoms with Crippen LogP contribution in [-0.4, -0.2) is 13.0 Å². The van der Waals surface area contributed by atoms with E-state index in [2.05, 4.69) is 21.2 Å². The van der Waals surface area contributed by atoms with Gasteiger partial charge in [-0.25, -0.2) is 0 Å². The Morgan fingerprint density at radius 3 is 2.64 bits per heavy atom. The van der Waals surface area contributed by atoms with Crippen LogP contribution in [0.15, 0.2) is 69.1 Å². The van der Waals surface area contributed by atoms with Gasteiger partial charge in [-0.1, -0.05) is 39.7 Å². The first-order valence-electron chi connectivity index (χ1n) is 8.12. The number of methoxy groups -OCH3 is 1. The zero-order valence-corrected chi connectivity index (χ0v) is 17.0. The SMILES string of the molecule is COc1ccc(Cl)cc1NC(=O)/C(C#N)=C/c1ccc(-c2ccc(Br)cc2)o1. The molecule has 0 unspecified atom stereocenters. The molecule has 0 atom stereocenters. The fourth-order valence-electron chi connectivity index (χ4n) is 2.46. The molecule has 1 amide bonds. The highest BCUT2D eigenvalue weighted by Crippen LogP contribution is 2.29. The Morgan fingerprint density at radius 1 is 1.21 bits per heavy atom. The Balaban J connectivity index is 1.82. The first-order valence-corrected chi connectivity index (χ1v) is 9.29. The summed E-state index contributed by atoms with van der Waals surface area (Å²) in [7, 11) is 1.48. The fraction of sp³-hybridized carbons (Fsp3) is 0.0476. The molecule has 1 heterocycles. The first kappa shape index (κ1) is 19.7. The van der Waals surface area contributed by atoms with Crippen molar-refractivity contribution in [2.75, 3.05) is 12.4 Å². The highest BCUT2D eigenvalue weighted by atomic mass is 79.9. The van der Waals surface area contributed by atoms with Crippen molar-refractivity contribution in [3.05, 3.63) is 75.4 Å². The maximum absolute atomic E-state index is 12.5. The molecular weight excluding hydrogens is 444 g/mol. The maximum atomic E-state index is 12.5. The van der Waals surface area contributed by atoms with Crippen LogP contribution in [-0.2, 0) is 4.79 Å². The van der Waals surface area contributed by atoms with Crippen molar-refractivity contribution in [1.29, 1.82) is 5.26 Å². The number of halogens is 2. The van der Waals surface area contributed by atoms with Crippen molar-refractivity contribution in [2.24, 2.45) is 0 Å². The van der Waals surface area contributed by atoms with E-state index >= 15 is 0 Å². The van der Waals surface area contributed by atoms with Crippen LogP contribution >= 0.6 is 27.5 Å². The van der Waals surface area contributed by atoms with Gasteiger partial charge in [0.1, 0.15) is 28.9 Å². The molecule has 3 aromatic rings. The zero-order chi connectivity index (χ0) is 20.1. The van der Waals surface area contributed by atoms with Gasteiger partial charge in [0, 0.05) is 21.1 Å². The summed E-state index contributed by atoms with van der Waals surface area (Å²) in [4.78, 5) is 12.5. The second kappa shape index (κ2) is 8.79. The van der Waals surface area contributed by atoms with E-state index in [1.54, 1.807) is 30.3 Å². The predicted octanol–water partition coefficient (Wildman–Crippen LogP) is 5.92. The van der Waals surface area contributed by atoms with Crippen LogP contribution in [0.25, 0.3) is 17.4 Å². The number of furan rings is 1. The summed E-state index contributed by atoms with van der Waals surface area (Å²) in [6, 6.07) is 17.8. The van der Waals surface area contributed by atoms with E-state index in [9.17, 15) is 10.1 Å². The predicted molar refractivity (Wildman–Crippen MR) is 112 cm³/mol. The van der Waals surface area contributed by atoms with E-state index < -0.39 is 5.91 Å². The molecule has 7 heteroatoms. The van der Waals surface area contributed by atoms with Gasteiger partial charge < -0.3 is 14.5 Å². The van der Waals surface area contributed by atoms with Crippen LogP contribution < -0.4 is 10.1 Å². The molecule has 0 saturated carbocycles. The molecule has 0 bridgehead atoms. The number of nitrogens with one attached hydrogen (secondary N) is 1. The number of carbonyl (C=O) groups excluding carboxylic acids is 1. The molecule has 1 N–H and O–H groups in total. The van der Waals surface area contributed by atoms with Gasteiger partial charge in [-0.3, -0.25) is 4.79 Å². The van der Waals surface area contributed by atoms with Gasteiger partial charge in [0.25, 0.3) is 5.91 Å². The number of amides is 1. The summed E-state index contributed by atoms with van der Waals surface area (Å²) in [5, 5.41) is 12.5. The van der Waals surface area contributed by atoms with Crippen molar-refractivity contribution < 1.29 is 13.9 Å². The number of ether oxygens (including phenoxy) is 1. The van der Waals surface area contributed by atoms with Gasteiger partial charge in [-0.15, -0.1) is 0 Å². The molecule has 0 radical (unpaired) electrons. The van der Waals surface area contributed by atoms with E-state index in [-0.39, 0.29) is 5.57 Å². The summed E-state index contributed by atoms with van der Waals surface area (Å²) in [5.74, 6) is 0.867. The van der Waals surface area contributed by atoms with E-state index in [0.29, 0.717) is 28.0 Å². The van der Waals surface area contributed by atoms with Gasteiger partial charge >= 0.3 is 0 Å². The maximum Gasteiger partial charge on any atom is 0.266 e. The summed E-state index contributed by atoms with van der Waals surface area (Å²) < 4.78 is 11.9. The molecule has 3 rings (SSSR count). The smallest absolute Gasteiger partial charge is 0.266 e. The molecule has 0 aliphatic rings. The van der Waals surface area contributed by atoms with Crippen LogP contribution in [0.3, 0.4) is 0 Å². The monoisotopic (exact) mass is 456 g/mol. The van der Waals surface area contributed by atoms with Crippen LogP contribution in [0.2, 0.25) is 5.02 Å². The Bertz CT molecular complexity index is 1080. The summed E-state index contributed by atoms with van der Waals surface area (Å²) in [5.41, 5.74) is 1.14. The second-order valence-corrected chi connectivity index (χ2v) is 7.03. The molecule has 0 aliphatic carbocycles. The molecule has 5 nitrogen and oxygen atoms in total. The molecule has 0 spiro atoms. The average Bonchev–Trinajstić information content (AvgIpc) is 3.15. The van der Waals surface area contributed by atoms with Gasteiger partial charge in [-0.05, 0) is 42.5 Å². The van der Waals surface area contributed by atoms with Crippen molar-refractivity contribution in [3.8, 4) is 23.1 Å². The number of hydrogen-bond donors (Lipinski definition) is 1. The Morgan fingerprint density at radius 2 is 1.96 bits per heavy atom. The van der Waals surface area contributed by atoms with E-state index in [0.717, 1.165) is 10.0 Å². The number of benzene rings is 2. The molecule has 1 aromatic heterocycles. The Hall–Kier alpha value is -3.01. The number of carbonyl (C=O) groups is 1. The minimum Gasteiger partial charge on any atom is -0.495 e. The van der Waals surface area contributed by atoms with Crippen molar-refractivity contribution >= 4 is 45.2 Å². The van der Waals surface area contributed by atoms with Gasteiger partial charge in [-0.2, -0.15) is 5.26 Å². The minimum absolute atomic E-state index is 0.112. The lowest BCUT2D eigenvalue weighted by Gasteiger charge is -2.09. The molecule has 2 aromatic carbocycles. The lowest BCUT2D eigenvalue weighted by atomic mass is 10.2. The van der Waals surface area contributed by atoms with Gasteiger partial charge in [0.15, 0.2) is 0 Å². The summed E-state index contributed by atoms with van der Waals surface area (Å²) in [6.45, 7) is 0. The number of anilines is 1. The Labute approximate surface area is 175 Å². The van der Waals surface area contributed by atoms with E-state index in [1.807, 2.05) is 30.3 Å². The first-order chi connectivity index (χ1) is 13.5. The van der Waals surface area contributed by atoms with E-state index in [1.165, 1.54) is 13.2 Å². The van der Waals surface area contributed by atoms with Gasteiger partial charge in [0.05, 0.1) is 12.8 Å². The highest BCUT2D eigenvalue weighted by Gasteiger charge is 2.14. The molecule has 28 heavy (non-hydrogen) atoms. The number of nitriles is 1. The Kier molecular flexibility index (Phi) is 6.19. The van der Waals surface area contributed by atoms with Gasteiger partial charge in [0.2, 0.25) is 0 Å². The lowest BCUT2D eigenvalue weighted by molar-refractivity contribution is -0.112. The van der Waals surface area contributed by atoms with Crippen LogP contribution in [0, 0.1) is 11.3 Å². The summed E-state index contributed by atoms with van der Waals surface area (Å²) in [6.07, 6.45) is 1.38. The minimum atomic E-state index is -0.593. The third-order valence-corrected chi connectivity index (χ3v) is 4.58. The molecular formula is C21H14BrClN2O3. The molecule has 0 aliphatic heterocycles. The van der Waals surface area contributed by atoms with Crippen LogP contribution in [0.1, 0.15) is 5.76 Å². The lowest BCUT2D eigenvalue weighted by Crippen LogP contribution is -2.14. The molecule has 0 fully saturated rings. The molecule has 0 saturated heterocycles. The van der Waals surface area contributed by atoms with Crippen molar-refractivity contribution in [3.63, 3.8) is 0 Å². The normalized spacial score (nSPS) is 11.0. The zero-order valence-electron chi connectivity index (χ0n) is 14.7. The van der Waals surface area contributed by atoms with Crippen molar-refractivity contribution in [2.45, 2.75) is 0 Å². The van der Waals surface area contributed by atoms with Crippen molar-refractivity contribution in [1.82, 2.24) is 0 Å². The third kappa shape index (κ3) is 4.63. The topological polar surface area (TPSA) is 75.3 Å². The standard InChI is InChI=1S/C21H14BrClN2O3/c1-27-20-8-6-16(23)11-18(20)25-21(26)14(12-24)10-17-7-9-19(28-17)13-2-4-15(22)5-3-13/h2-11H,1H3,(H,25,26)/b14-10+.